The van der Waals surface area contributed by atoms with Crippen LogP contribution in [0.25, 0.3) is 4.96 Å². The lowest BCUT2D eigenvalue weighted by Crippen LogP contribution is -2.48. The Labute approximate surface area is 144 Å². The molecule has 0 aromatic carbocycles. The highest BCUT2D eigenvalue weighted by Crippen LogP contribution is 2.23. The van der Waals surface area contributed by atoms with Gasteiger partial charge >= 0.3 is 0 Å². The van der Waals surface area contributed by atoms with Gasteiger partial charge in [-0.1, -0.05) is 18.3 Å². The Kier molecular flexibility index (Phi) is 4.51. The number of fused-ring (bicyclic) bond motifs is 1. The second kappa shape index (κ2) is 6.78. The minimum absolute atomic E-state index is 0.0841. The molecule has 4 heterocycles. The number of hydrogen-bond acceptors (Lipinski definition) is 7. The first kappa shape index (κ1) is 16.0. The maximum atomic E-state index is 12.1. The summed E-state index contributed by atoms with van der Waals surface area (Å²) in [5.41, 5.74) is 0.748. The van der Waals surface area contributed by atoms with Crippen molar-refractivity contribution in [2.45, 2.75) is 19.8 Å². The molecule has 2 aromatic heterocycles. The predicted octanol–water partition coefficient (Wildman–Crippen LogP) is 0.872. The summed E-state index contributed by atoms with van der Waals surface area (Å²) in [5, 5.41) is 5.39. The summed E-state index contributed by atoms with van der Waals surface area (Å²) < 4.78 is 6.90. The third kappa shape index (κ3) is 3.18. The first-order chi connectivity index (χ1) is 11.7. The number of rotatable bonds is 4. The van der Waals surface area contributed by atoms with E-state index in [4.69, 9.17) is 4.74 Å². The molecule has 2 aliphatic rings. The van der Waals surface area contributed by atoms with Gasteiger partial charge in [-0.2, -0.15) is 4.52 Å². The van der Waals surface area contributed by atoms with E-state index in [0.29, 0.717) is 10.9 Å². The van der Waals surface area contributed by atoms with Crippen LogP contribution in [0.15, 0.2) is 10.9 Å². The zero-order valence-electron chi connectivity index (χ0n) is 14.0. The molecule has 1 unspecified atom stereocenters. The van der Waals surface area contributed by atoms with E-state index < -0.39 is 0 Å². The Balaban J connectivity index is 1.44. The Morgan fingerprint density at radius 1 is 1.33 bits per heavy atom. The van der Waals surface area contributed by atoms with Crippen LogP contribution in [0, 0.1) is 5.92 Å². The molecule has 24 heavy (non-hydrogen) atoms. The molecule has 4 rings (SSSR count). The molecule has 0 N–H and O–H groups in total. The lowest BCUT2D eigenvalue weighted by atomic mass is 10.1. The zero-order valence-corrected chi connectivity index (χ0v) is 14.8. The van der Waals surface area contributed by atoms with Crippen molar-refractivity contribution in [1.29, 1.82) is 0 Å². The number of aryl methyl sites for hydroxylation is 1. The van der Waals surface area contributed by atoms with Gasteiger partial charge in [0.15, 0.2) is 0 Å². The summed E-state index contributed by atoms with van der Waals surface area (Å²) in [6.07, 6.45) is 1.95. The molecule has 8 heteroatoms. The molecule has 2 aromatic rings. The van der Waals surface area contributed by atoms with Gasteiger partial charge in [-0.3, -0.25) is 9.69 Å². The highest BCUT2D eigenvalue weighted by molar-refractivity contribution is 7.20. The fourth-order valence-corrected chi connectivity index (χ4v) is 4.35. The van der Waals surface area contributed by atoms with Crippen molar-refractivity contribution >= 4 is 21.4 Å². The minimum atomic E-state index is -0.0841. The monoisotopic (exact) mass is 349 g/mol. The molecule has 0 aliphatic carbocycles. The van der Waals surface area contributed by atoms with E-state index >= 15 is 0 Å². The van der Waals surface area contributed by atoms with Crippen LogP contribution in [0.1, 0.15) is 19.0 Å². The maximum absolute atomic E-state index is 12.1. The van der Waals surface area contributed by atoms with Crippen LogP contribution in [0.5, 0.6) is 0 Å². The van der Waals surface area contributed by atoms with Crippen molar-refractivity contribution in [2.24, 2.45) is 5.92 Å². The lowest BCUT2D eigenvalue weighted by molar-refractivity contribution is 0.164. The molecule has 2 saturated heterocycles. The van der Waals surface area contributed by atoms with Gasteiger partial charge in [-0.05, 0) is 18.8 Å². The molecule has 0 saturated carbocycles. The van der Waals surface area contributed by atoms with Gasteiger partial charge in [-0.25, -0.2) is 4.98 Å². The molecule has 7 nitrogen and oxygen atoms in total. The first-order valence-electron chi connectivity index (χ1n) is 8.68. The molecular weight excluding hydrogens is 326 g/mol. The predicted molar refractivity (Wildman–Crippen MR) is 94.1 cm³/mol. The van der Waals surface area contributed by atoms with E-state index in [1.165, 1.54) is 22.3 Å². The first-order valence-corrected chi connectivity index (χ1v) is 9.49. The average Bonchev–Trinajstić information content (AvgIpc) is 3.25. The molecule has 2 fully saturated rings. The van der Waals surface area contributed by atoms with E-state index in [9.17, 15) is 4.79 Å². The van der Waals surface area contributed by atoms with E-state index in [2.05, 4.69) is 19.9 Å². The number of nitrogens with zero attached hydrogens (tertiary/aromatic N) is 5. The van der Waals surface area contributed by atoms with Gasteiger partial charge in [0.2, 0.25) is 10.1 Å². The minimum Gasteiger partial charge on any atom is -0.381 e. The van der Waals surface area contributed by atoms with E-state index in [-0.39, 0.29) is 5.56 Å². The SMILES string of the molecule is CCc1cc(=O)n2nc(N3CCN(CC4CCOC4)CC3)sc2n1. The summed E-state index contributed by atoms with van der Waals surface area (Å²) in [6, 6.07) is 1.58. The number of hydrogen-bond donors (Lipinski definition) is 0. The van der Waals surface area contributed by atoms with Gasteiger partial charge in [-0.15, -0.1) is 5.10 Å². The van der Waals surface area contributed by atoms with Gasteiger partial charge in [0.25, 0.3) is 5.56 Å². The molecule has 0 spiro atoms. The molecule has 0 radical (unpaired) electrons. The number of piperazine rings is 1. The fraction of sp³-hybridized carbons (Fsp3) is 0.688. The normalized spacial score (nSPS) is 22.5. The third-order valence-corrected chi connectivity index (χ3v) is 5.80. The van der Waals surface area contributed by atoms with Crippen LogP contribution >= 0.6 is 11.3 Å². The smallest absolute Gasteiger partial charge is 0.275 e. The quantitative estimate of drug-likeness (QED) is 0.816. The topological polar surface area (TPSA) is 63.0 Å². The van der Waals surface area contributed by atoms with Crippen LogP contribution in [0.4, 0.5) is 5.13 Å². The number of anilines is 1. The largest absolute Gasteiger partial charge is 0.381 e. The summed E-state index contributed by atoms with van der Waals surface area (Å²) in [5.74, 6) is 0.689. The van der Waals surface area contributed by atoms with E-state index in [0.717, 1.165) is 63.2 Å². The van der Waals surface area contributed by atoms with Crippen LogP contribution in [0.2, 0.25) is 0 Å². The summed E-state index contributed by atoms with van der Waals surface area (Å²) >= 11 is 1.51. The van der Waals surface area contributed by atoms with Crippen molar-refractivity contribution in [3.05, 3.63) is 22.1 Å². The van der Waals surface area contributed by atoms with Crippen molar-refractivity contribution in [2.75, 3.05) is 50.8 Å². The molecule has 1 atom stereocenters. The van der Waals surface area contributed by atoms with Crippen LogP contribution in [-0.2, 0) is 11.2 Å². The lowest BCUT2D eigenvalue weighted by Gasteiger charge is -2.35. The Hall–Kier alpha value is -1.51. The van der Waals surface area contributed by atoms with Crippen molar-refractivity contribution in [3.63, 3.8) is 0 Å². The summed E-state index contributed by atoms with van der Waals surface area (Å²) in [7, 11) is 0. The maximum Gasteiger partial charge on any atom is 0.275 e. The number of aromatic nitrogens is 3. The second-order valence-corrected chi connectivity index (χ2v) is 7.47. The Morgan fingerprint density at radius 2 is 2.17 bits per heavy atom. The zero-order chi connectivity index (χ0) is 16.5. The van der Waals surface area contributed by atoms with Crippen LogP contribution in [0.3, 0.4) is 0 Å². The standard InChI is InChI=1S/C16H23N5O2S/c1-2-13-9-14(22)21-15(17-13)24-16(18-21)20-6-4-19(5-7-20)10-12-3-8-23-11-12/h9,12H,2-8,10-11H2,1H3. The molecule has 0 bridgehead atoms. The Morgan fingerprint density at radius 3 is 2.88 bits per heavy atom. The molecule has 0 amide bonds. The number of ether oxygens (including phenoxy) is 1. The summed E-state index contributed by atoms with van der Waals surface area (Å²) in [4.78, 5) is 22.1. The van der Waals surface area contributed by atoms with Crippen molar-refractivity contribution in [1.82, 2.24) is 19.5 Å². The second-order valence-electron chi connectivity index (χ2n) is 6.54. The van der Waals surface area contributed by atoms with Gasteiger partial charge < -0.3 is 9.64 Å². The highest BCUT2D eigenvalue weighted by atomic mass is 32.1. The molecule has 2 aliphatic heterocycles. The average molecular weight is 349 g/mol. The third-order valence-electron chi connectivity index (χ3n) is 4.83. The van der Waals surface area contributed by atoms with Gasteiger partial charge in [0.1, 0.15) is 0 Å². The molecular formula is C16H23N5O2S. The van der Waals surface area contributed by atoms with Crippen LogP contribution in [-0.4, -0.2) is 65.4 Å². The van der Waals surface area contributed by atoms with Gasteiger partial charge in [0.05, 0.1) is 6.61 Å². The van der Waals surface area contributed by atoms with Crippen molar-refractivity contribution in [3.8, 4) is 0 Å². The Bertz CT molecular complexity index is 759. The molecule has 130 valence electrons. The van der Waals surface area contributed by atoms with Crippen LogP contribution < -0.4 is 10.5 Å². The fourth-order valence-electron chi connectivity index (χ4n) is 3.37. The van der Waals surface area contributed by atoms with E-state index in [1.807, 2.05) is 6.92 Å². The highest BCUT2D eigenvalue weighted by Gasteiger charge is 2.24. The van der Waals surface area contributed by atoms with Crippen molar-refractivity contribution < 1.29 is 4.74 Å². The van der Waals surface area contributed by atoms with E-state index in [1.54, 1.807) is 6.07 Å². The summed E-state index contributed by atoms with van der Waals surface area (Å²) in [6.45, 7) is 8.93. The van der Waals surface area contributed by atoms with Gasteiger partial charge in [0, 0.05) is 51.1 Å².